The normalized spacial score (nSPS) is 25.8. The largest absolute Gasteiger partial charge is 0.393 e. The van der Waals surface area contributed by atoms with Gasteiger partial charge in [-0.1, -0.05) is 17.7 Å². The van der Waals surface area contributed by atoms with Gasteiger partial charge in [0.15, 0.2) is 0 Å². The minimum Gasteiger partial charge on any atom is -0.393 e. The van der Waals surface area contributed by atoms with E-state index in [9.17, 15) is 14.1 Å². The van der Waals surface area contributed by atoms with Gasteiger partial charge in [-0.2, -0.15) is 0 Å². The van der Waals surface area contributed by atoms with Crippen molar-refractivity contribution in [2.75, 3.05) is 0 Å². The van der Waals surface area contributed by atoms with Gasteiger partial charge in [0, 0.05) is 17.2 Å². The zero-order valence-electron chi connectivity index (χ0n) is 12.5. The summed E-state index contributed by atoms with van der Waals surface area (Å²) in [5.41, 5.74) is 3.06. The Morgan fingerprint density at radius 2 is 1.80 bits per heavy atom. The van der Waals surface area contributed by atoms with Crippen LogP contribution in [0.25, 0.3) is 0 Å². The Morgan fingerprint density at radius 3 is 2.30 bits per heavy atom. The smallest absolute Gasteiger partial charge is 0.149 e. The molecule has 0 bridgehead atoms. The Labute approximate surface area is 122 Å². The van der Waals surface area contributed by atoms with Gasteiger partial charge in [0.2, 0.25) is 0 Å². The Morgan fingerprint density at radius 1 is 1.25 bits per heavy atom. The third-order valence-corrected chi connectivity index (χ3v) is 6.21. The maximum absolute atomic E-state index is 12.9. The van der Waals surface area contributed by atoms with Gasteiger partial charge in [-0.3, -0.25) is 9.00 Å². The molecule has 1 aliphatic rings. The average molecular weight is 294 g/mol. The Balaban J connectivity index is 2.43. The number of aryl methyl sites for hydroxylation is 3. The van der Waals surface area contributed by atoms with Crippen molar-refractivity contribution in [3.63, 3.8) is 0 Å². The highest BCUT2D eigenvalue weighted by atomic mass is 32.2. The molecule has 0 radical (unpaired) electrons. The lowest BCUT2D eigenvalue weighted by Crippen LogP contribution is -2.33. The SMILES string of the molecule is Cc1cc(C)c(S(=O)C2C(=O)CC[C@H]2C(C)O)c(C)c1. The van der Waals surface area contributed by atoms with E-state index in [0.29, 0.717) is 12.8 Å². The second-order valence-corrected chi connectivity index (χ2v) is 7.37. The van der Waals surface area contributed by atoms with Gasteiger partial charge >= 0.3 is 0 Å². The maximum atomic E-state index is 12.9. The van der Waals surface area contributed by atoms with Crippen LogP contribution in [0.2, 0.25) is 0 Å². The first-order valence-corrected chi connectivity index (χ1v) is 8.23. The number of Topliss-reactive ketones (excluding diaryl/α,β-unsaturated/α-hetero) is 1. The summed E-state index contributed by atoms with van der Waals surface area (Å²) in [6.07, 6.45) is 0.466. The first kappa shape index (κ1) is 15.4. The minimum atomic E-state index is -1.38. The predicted octanol–water partition coefficient (Wildman–Crippen LogP) is 2.45. The van der Waals surface area contributed by atoms with E-state index in [1.165, 1.54) is 0 Å². The fraction of sp³-hybridized carbons (Fsp3) is 0.562. The van der Waals surface area contributed by atoms with Crippen molar-refractivity contribution in [2.24, 2.45) is 5.92 Å². The van der Waals surface area contributed by atoms with Gasteiger partial charge < -0.3 is 5.11 Å². The van der Waals surface area contributed by atoms with E-state index >= 15 is 0 Å². The maximum Gasteiger partial charge on any atom is 0.149 e. The van der Waals surface area contributed by atoms with E-state index in [1.54, 1.807) is 6.92 Å². The summed E-state index contributed by atoms with van der Waals surface area (Å²) < 4.78 is 12.9. The second-order valence-electron chi connectivity index (χ2n) is 5.86. The van der Waals surface area contributed by atoms with Crippen molar-refractivity contribution in [3.05, 3.63) is 28.8 Å². The Kier molecular flexibility index (Phi) is 4.45. The summed E-state index contributed by atoms with van der Waals surface area (Å²) in [4.78, 5) is 12.9. The van der Waals surface area contributed by atoms with E-state index in [2.05, 4.69) is 0 Å². The molecule has 3 nitrogen and oxygen atoms in total. The van der Waals surface area contributed by atoms with E-state index in [-0.39, 0.29) is 11.7 Å². The summed E-state index contributed by atoms with van der Waals surface area (Å²) in [5, 5.41) is 9.27. The monoisotopic (exact) mass is 294 g/mol. The summed E-state index contributed by atoms with van der Waals surface area (Å²) in [5.74, 6) is -0.169. The number of carbonyl (C=O) groups excluding carboxylic acids is 1. The highest BCUT2D eigenvalue weighted by molar-refractivity contribution is 7.86. The summed E-state index contributed by atoms with van der Waals surface area (Å²) in [6.45, 7) is 7.56. The van der Waals surface area contributed by atoms with Gasteiger partial charge in [-0.25, -0.2) is 0 Å². The molecule has 1 fully saturated rings. The number of ketones is 1. The molecule has 2 rings (SSSR count). The van der Waals surface area contributed by atoms with Crippen LogP contribution in [0.15, 0.2) is 17.0 Å². The van der Waals surface area contributed by atoms with Crippen molar-refractivity contribution in [3.8, 4) is 0 Å². The number of hydrogen-bond donors (Lipinski definition) is 1. The van der Waals surface area contributed by atoms with Gasteiger partial charge in [0.05, 0.1) is 16.9 Å². The van der Waals surface area contributed by atoms with Crippen LogP contribution in [0.1, 0.15) is 36.5 Å². The quantitative estimate of drug-likeness (QED) is 0.931. The van der Waals surface area contributed by atoms with Crippen molar-refractivity contribution < 1.29 is 14.1 Å². The molecule has 1 aromatic rings. The Bertz CT molecular complexity index is 540. The van der Waals surface area contributed by atoms with Gasteiger partial charge in [-0.15, -0.1) is 0 Å². The lowest BCUT2D eigenvalue weighted by molar-refractivity contribution is -0.117. The Hall–Kier alpha value is -1.00. The number of benzene rings is 1. The van der Waals surface area contributed by atoms with Crippen LogP contribution in [0, 0.1) is 26.7 Å². The number of aliphatic hydroxyl groups is 1. The number of carbonyl (C=O) groups is 1. The van der Waals surface area contributed by atoms with E-state index in [0.717, 1.165) is 21.6 Å². The average Bonchev–Trinajstić information content (AvgIpc) is 2.69. The molecule has 3 unspecified atom stereocenters. The van der Waals surface area contributed by atoms with Gasteiger partial charge in [0.25, 0.3) is 0 Å². The molecule has 20 heavy (non-hydrogen) atoms. The topological polar surface area (TPSA) is 54.4 Å². The zero-order valence-corrected chi connectivity index (χ0v) is 13.3. The van der Waals surface area contributed by atoms with Crippen LogP contribution >= 0.6 is 0 Å². The summed E-state index contributed by atoms with van der Waals surface area (Å²) in [7, 11) is -1.38. The lowest BCUT2D eigenvalue weighted by atomic mass is 10.0. The minimum absolute atomic E-state index is 0.0219. The number of aliphatic hydroxyl groups excluding tert-OH is 1. The highest BCUT2D eigenvalue weighted by Gasteiger charge is 2.42. The molecule has 0 aliphatic heterocycles. The molecule has 1 aliphatic carbocycles. The molecule has 110 valence electrons. The highest BCUT2D eigenvalue weighted by Crippen LogP contribution is 2.34. The van der Waals surface area contributed by atoms with Crippen molar-refractivity contribution >= 4 is 16.6 Å². The summed E-state index contributed by atoms with van der Waals surface area (Å²) in [6, 6.07) is 3.99. The van der Waals surface area contributed by atoms with E-state index < -0.39 is 22.2 Å². The standard InChI is InChI=1S/C16H22O3S/c1-9-7-10(2)15(11(3)8-9)20(19)16-13(12(4)17)5-6-14(16)18/h7-8,12-13,16-17H,5-6H2,1-4H3/t12?,13-,16?,20?/m0/s1. The number of rotatable bonds is 3. The van der Waals surface area contributed by atoms with Crippen molar-refractivity contribution in [1.82, 2.24) is 0 Å². The van der Waals surface area contributed by atoms with Crippen LogP contribution in [0.4, 0.5) is 0 Å². The van der Waals surface area contributed by atoms with Crippen LogP contribution < -0.4 is 0 Å². The van der Waals surface area contributed by atoms with Crippen molar-refractivity contribution in [2.45, 2.75) is 56.8 Å². The molecule has 0 aromatic heterocycles. The van der Waals surface area contributed by atoms with E-state index in [1.807, 2.05) is 32.9 Å². The molecule has 1 aromatic carbocycles. The zero-order chi connectivity index (χ0) is 15.0. The molecule has 1 N–H and O–H groups in total. The molecule has 0 amide bonds. The van der Waals surface area contributed by atoms with Crippen LogP contribution in [0.3, 0.4) is 0 Å². The molecule has 1 saturated carbocycles. The van der Waals surface area contributed by atoms with Gasteiger partial charge in [-0.05, 0) is 45.2 Å². The fourth-order valence-electron chi connectivity index (χ4n) is 3.22. The van der Waals surface area contributed by atoms with Gasteiger partial charge in [0.1, 0.15) is 11.0 Å². The first-order chi connectivity index (χ1) is 9.32. The molecular formula is C16H22O3S. The van der Waals surface area contributed by atoms with Crippen LogP contribution in [0.5, 0.6) is 0 Å². The third kappa shape index (κ3) is 2.72. The van der Waals surface area contributed by atoms with Crippen LogP contribution in [-0.4, -0.2) is 26.5 Å². The second kappa shape index (κ2) is 5.78. The van der Waals surface area contributed by atoms with Crippen molar-refractivity contribution in [1.29, 1.82) is 0 Å². The predicted molar refractivity (Wildman–Crippen MR) is 80.3 cm³/mol. The third-order valence-electron chi connectivity index (χ3n) is 4.09. The molecule has 4 heteroatoms. The molecule has 0 saturated heterocycles. The fourth-order valence-corrected chi connectivity index (χ4v) is 5.27. The lowest BCUT2D eigenvalue weighted by Gasteiger charge is -2.22. The molecule has 0 heterocycles. The van der Waals surface area contributed by atoms with E-state index in [4.69, 9.17) is 0 Å². The molecular weight excluding hydrogens is 272 g/mol. The van der Waals surface area contributed by atoms with Crippen LogP contribution in [-0.2, 0) is 15.6 Å². The summed E-state index contributed by atoms with van der Waals surface area (Å²) >= 11 is 0. The first-order valence-electron chi connectivity index (χ1n) is 7.02. The molecule has 0 spiro atoms. The molecule has 4 atom stereocenters. The number of hydrogen-bond acceptors (Lipinski definition) is 3.